The molecule has 0 aliphatic heterocycles. The van der Waals surface area contributed by atoms with Crippen molar-refractivity contribution >= 4 is 17.7 Å². The van der Waals surface area contributed by atoms with Gasteiger partial charge in [0.25, 0.3) is 0 Å². The van der Waals surface area contributed by atoms with E-state index < -0.39 is 0 Å². The first-order valence-corrected chi connectivity index (χ1v) is 6.76. The van der Waals surface area contributed by atoms with Gasteiger partial charge in [0.15, 0.2) is 0 Å². The van der Waals surface area contributed by atoms with Crippen molar-refractivity contribution in [2.45, 2.75) is 33.1 Å². The van der Waals surface area contributed by atoms with Crippen LogP contribution in [-0.2, 0) is 4.79 Å². The maximum Gasteiger partial charge on any atom is 0.220 e. The minimum absolute atomic E-state index is 0.214. The Morgan fingerprint density at radius 3 is 2.57 bits per heavy atom. The summed E-state index contributed by atoms with van der Waals surface area (Å²) in [5.74, 6) is 1.84. The summed E-state index contributed by atoms with van der Waals surface area (Å²) < 4.78 is 0. The number of amides is 1. The van der Waals surface area contributed by atoms with Crippen molar-refractivity contribution in [3.63, 3.8) is 0 Å². The van der Waals surface area contributed by atoms with Crippen LogP contribution in [0.15, 0.2) is 0 Å². The molecule has 0 aromatic carbocycles. The van der Waals surface area contributed by atoms with Crippen molar-refractivity contribution in [2.75, 3.05) is 18.6 Å². The molecule has 0 aromatic heterocycles. The summed E-state index contributed by atoms with van der Waals surface area (Å²) >= 11 is 1.72. The van der Waals surface area contributed by atoms with Gasteiger partial charge < -0.3 is 5.32 Å². The average molecular weight is 215 g/mol. The second kappa shape index (κ2) is 5.06. The lowest BCUT2D eigenvalue weighted by Crippen LogP contribution is -2.32. The van der Waals surface area contributed by atoms with Gasteiger partial charge in [-0.3, -0.25) is 4.79 Å². The molecule has 0 saturated heterocycles. The lowest BCUT2D eigenvalue weighted by atomic mass is 9.92. The summed E-state index contributed by atoms with van der Waals surface area (Å²) in [4.78, 5) is 11.4. The fourth-order valence-electron chi connectivity index (χ4n) is 1.68. The van der Waals surface area contributed by atoms with E-state index in [2.05, 4.69) is 19.2 Å². The summed E-state index contributed by atoms with van der Waals surface area (Å²) in [5.41, 5.74) is 0.440. The summed E-state index contributed by atoms with van der Waals surface area (Å²) in [6.07, 6.45) is 5.26. The lowest BCUT2D eigenvalue weighted by Gasteiger charge is -2.19. The molecule has 0 atom stereocenters. The molecule has 0 aromatic rings. The Labute approximate surface area is 91.2 Å². The molecule has 2 nitrogen and oxygen atoms in total. The zero-order chi connectivity index (χ0) is 10.6. The lowest BCUT2D eigenvalue weighted by molar-refractivity contribution is -0.121. The third kappa shape index (κ3) is 3.19. The maximum absolute atomic E-state index is 11.4. The maximum atomic E-state index is 11.4. The van der Waals surface area contributed by atoms with Crippen molar-refractivity contribution in [1.29, 1.82) is 0 Å². The summed E-state index contributed by atoms with van der Waals surface area (Å²) in [7, 11) is 0. The molecule has 1 amide bonds. The summed E-state index contributed by atoms with van der Waals surface area (Å²) in [6, 6.07) is 0. The van der Waals surface area contributed by atoms with Crippen molar-refractivity contribution in [2.24, 2.45) is 11.3 Å². The van der Waals surface area contributed by atoms with Gasteiger partial charge in [-0.1, -0.05) is 13.8 Å². The molecule has 1 fully saturated rings. The predicted octanol–water partition coefficient (Wildman–Crippen LogP) is 2.29. The number of rotatable bonds is 6. The Kier molecular flexibility index (Phi) is 4.30. The van der Waals surface area contributed by atoms with E-state index in [0.29, 0.717) is 17.8 Å². The Balaban J connectivity index is 2.17. The van der Waals surface area contributed by atoms with Gasteiger partial charge in [0.05, 0.1) is 0 Å². The van der Waals surface area contributed by atoms with Crippen LogP contribution >= 0.6 is 11.8 Å². The molecular formula is C11H21NOS. The second-order valence-corrected chi connectivity index (χ2v) is 5.52. The Bertz CT molecular complexity index is 199. The van der Waals surface area contributed by atoms with Gasteiger partial charge in [-0.05, 0) is 30.4 Å². The molecular weight excluding hydrogens is 194 g/mol. The van der Waals surface area contributed by atoms with Crippen molar-refractivity contribution in [3.8, 4) is 0 Å². The number of hydrogen-bond acceptors (Lipinski definition) is 2. The highest BCUT2D eigenvalue weighted by atomic mass is 32.2. The smallest absolute Gasteiger partial charge is 0.220 e. The number of thioether (sulfide) groups is 1. The van der Waals surface area contributed by atoms with Crippen LogP contribution in [0.3, 0.4) is 0 Å². The molecule has 1 aliphatic rings. The van der Waals surface area contributed by atoms with Gasteiger partial charge in [-0.25, -0.2) is 0 Å². The zero-order valence-electron chi connectivity index (χ0n) is 9.43. The van der Waals surface area contributed by atoms with Gasteiger partial charge in [0, 0.05) is 18.7 Å². The number of nitrogens with one attached hydrogen (secondary N) is 1. The Morgan fingerprint density at radius 2 is 2.14 bits per heavy atom. The van der Waals surface area contributed by atoms with Crippen molar-refractivity contribution in [3.05, 3.63) is 0 Å². The highest BCUT2D eigenvalue weighted by Crippen LogP contribution is 2.51. The van der Waals surface area contributed by atoms with E-state index in [4.69, 9.17) is 0 Å². The molecule has 1 rings (SSSR count). The normalized spacial score (nSPS) is 18.3. The van der Waals surface area contributed by atoms with Gasteiger partial charge in [0.2, 0.25) is 5.91 Å². The standard InChI is InChI=1S/C11H21NOS/c1-9(2)11(5-6-11)8-12-10(13)4-7-14-3/h9H,4-8H2,1-3H3,(H,12,13). The van der Waals surface area contributed by atoms with Gasteiger partial charge in [0.1, 0.15) is 0 Å². The van der Waals surface area contributed by atoms with Crippen LogP contribution in [0.5, 0.6) is 0 Å². The summed E-state index contributed by atoms with van der Waals surface area (Å²) in [6.45, 7) is 5.39. The molecule has 1 aliphatic carbocycles. The van der Waals surface area contributed by atoms with E-state index in [-0.39, 0.29) is 5.91 Å². The topological polar surface area (TPSA) is 29.1 Å². The largest absolute Gasteiger partial charge is 0.356 e. The fourth-order valence-corrected chi connectivity index (χ4v) is 2.07. The number of carbonyl (C=O) groups is 1. The van der Waals surface area contributed by atoms with Gasteiger partial charge in [-0.2, -0.15) is 11.8 Å². The van der Waals surface area contributed by atoms with E-state index in [1.165, 1.54) is 12.8 Å². The highest BCUT2D eigenvalue weighted by Gasteiger charge is 2.45. The van der Waals surface area contributed by atoms with Crippen molar-refractivity contribution in [1.82, 2.24) is 5.32 Å². The minimum atomic E-state index is 0.214. The Morgan fingerprint density at radius 1 is 1.50 bits per heavy atom. The van der Waals surface area contributed by atoms with Crippen LogP contribution in [-0.4, -0.2) is 24.5 Å². The van der Waals surface area contributed by atoms with E-state index in [1.54, 1.807) is 11.8 Å². The molecule has 0 heterocycles. The van der Waals surface area contributed by atoms with Gasteiger partial charge in [-0.15, -0.1) is 0 Å². The van der Waals surface area contributed by atoms with Crippen LogP contribution in [0.4, 0.5) is 0 Å². The van der Waals surface area contributed by atoms with Crippen LogP contribution in [0.2, 0.25) is 0 Å². The van der Waals surface area contributed by atoms with Gasteiger partial charge >= 0.3 is 0 Å². The summed E-state index contributed by atoms with van der Waals surface area (Å²) in [5, 5.41) is 3.05. The molecule has 0 spiro atoms. The third-order valence-electron chi connectivity index (χ3n) is 3.29. The fraction of sp³-hybridized carbons (Fsp3) is 0.909. The quantitative estimate of drug-likeness (QED) is 0.736. The third-order valence-corrected chi connectivity index (χ3v) is 3.90. The zero-order valence-corrected chi connectivity index (χ0v) is 10.2. The molecule has 14 heavy (non-hydrogen) atoms. The van der Waals surface area contributed by atoms with E-state index in [1.807, 2.05) is 6.26 Å². The van der Waals surface area contributed by atoms with Crippen LogP contribution in [0.1, 0.15) is 33.1 Å². The average Bonchev–Trinajstić information content (AvgIpc) is 2.92. The molecule has 1 N–H and O–H groups in total. The molecule has 0 bridgehead atoms. The molecule has 3 heteroatoms. The van der Waals surface area contributed by atoms with Crippen molar-refractivity contribution < 1.29 is 4.79 Å². The monoisotopic (exact) mass is 215 g/mol. The first-order valence-electron chi connectivity index (χ1n) is 5.36. The highest BCUT2D eigenvalue weighted by molar-refractivity contribution is 7.98. The van der Waals surface area contributed by atoms with Crippen LogP contribution in [0.25, 0.3) is 0 Å². The van der Waals surface area contributed by atoms with E-state index >= 15 is 0 Å². The number of hydrogen-bond donors (Lipinski definition) is 1. The van der Waals surface area contributed by atoms with Crippen LogP contribution < -0.4 is 5.32 Å². The molecule has 1 saturated carbocycles. The first kappa shape index (κ1) is 11.9. The number of carbonyl (C=O) groups excluding carboxylic acids is 1. The SMILES string of the molecule is CSCCC(=O)NCC1(C(C)C)CC1. The second-order valence-electron chi connectivity index (χ2n) is 4.54. The van der Waals surface area contributed by atoms with Crippen LogP contribution in [0, 0.1) is 11.3 Å². The molecule has 0 unspecified atom stereocenters. The molecule has 82 valence electrons. The first-order chi connectivity index (χ1) is 6.60. The Hall–Kier alpha value is -0.180. The molecule has 0 radical (unpaired) electrons. The van der Waals surface area contributed by atoms with E-state index in [0.717, 1.165) is 12.3 Å². The minimum Gasteiger partial charge on any atom is -0.356 e. The van der Waals surface area contributed by atoms with E-state index in [9.17, 15) is 4.79 Å². The predicted molar refractivity (Wildman–Crippen MR) is 62.5 cm³/mol.